The molecule has 2 aromatic heterocycles. The van der Waals surface area contributed by atoms with Gasteiger partial charge in [0.25, 0.3) is 0 Å². The Morgan fingerprint density at radius 2 is 1.50 bits per heavy atom. The van der Waals surface area contributed by atoms with Gasteiger partial charge in [-0.3, -0.25) is 0 Å². The van der Waals surface area contributed by atoms with E-state index in [0.29, 0.717) is 0 Å². The topological polar surface area (TPSA) is 44.1 Å². The van der Waals surface area contributed by atoms with Crippen molar-refractivity contribution >= 4 is 54.3 Å². The predicted octanol–water partition coefficient (Wildman–Crippen LogP) is 7.35. The molecule has 0 N–H and O–H groups in total. The van der Waals surface area contributed by atoms with Gasteiger partial charge in [-0.15, -0.1) is 21.6 Å². The lowest BCUT2D eigenvalue weighted by Gasteiger charge is -2.20. The SMILES string of the molecule is CCN(CC)c1ccc(-c2nc3sc(N=Nc4ccc(N(C)C)cc4)cc3s2)cc1. The molecule has 0 aliphatic heterocycles. The molecule has 2 aromatic carbocycles. The maximum Gasteiger partial charge on any atom is 0.142 e. The van der Waals surface area contributed by atoms with Crippen LogP contribution in [0.25, 0.3) is 20.1 Å². The molecule has 0 fully saturated rings. The van der Waals surface area contributed by atoms with Crippen LogP contribution in [0.2, 0.25) is 0 Å². The zero-order valence-corrected chi connectivity index (χ0v) is 19.3. The van der Waals surface area contributed by atoms with Crippen molar-refractivity contribution in [2.75, 3.05) is 37.0 Å². The van der Waals surface area contributed by atoms with E-state index in [1.807, 2.05) is 38.4 Å². The molecule has 4 aromatic rings. The molecule has 0 atom stereocenters. The minimum atomic E-state index is 0.847. The smallest absolute Gasteiger partial charge is 0.142 e. The molecule has 0 saturated carbocycles. The first-order valence-corrected chi connectivity index (χ1v) is 11.7. The Bertz CT molecular complexity index is 1110. The van der Waals surface area contributed by atoms with Crippen LogP contribution >= 0.6 is 22.7 Å². The average Bonchev–Trinajstić information content (AvgIpc) is 3.33. The molecule has 0 radical (unpaired) electrons. The summed E-state index contributed by atoms with van der Waals surface area (Å²) in [5.74, 6) is 0. The highest BCUT2D eigenvalue weighted by molar-refractivity contribution is 7.30. The minimum Gasteiger partial charge on any atom is -0.378 e. The number of azo groups is 1. The average molecular weight is 436 g/mol. The lowest BCUT2D eigenvalue weighted by Crippen LogP contribution is -2.21. The molecule has 0 aliphatic rings. The van der Waals surface area contributed by atoms with Gasteiger partial charge < -0.3 is 9.80 Å². The van der Waals surface area contributed by atoms with E-state index in [1.165, 1.54) is 5.69 Å². The van der Waals surface area contributed by atoms with Gasteiger partial charge in [-0.05, 0) is 68.4 Å². The van der Waals surface area contributed by atoms with Crippen LogP contribution in [0.4, 0.5) is 22.1 Å². The van der Waals surface area contributed by atoms with Crippen LogP contribution < -0.4 is 9.80 Å². The molecule has 0 spiro atoms. The Morgan fingerprint density at radius 3 is 2.10 bits per heavy atom. The van der Waals surface area contributed by atoms with Crippen molar-refractivity contribution in [1.29, 1.82) is 0 Å². The third-order valence-electron chi connectivity index (χ3n) is 4.95. The standard InChI is InChI=1S/C23H25N5S2/c1-5-28(6-2)19-11-7-16(8-12-19)22-24-23-20(29-22)15-21(30-23)26-25-17-9-13-18(14-10-17)27(3)4/h7-15H,5-6H2,1-4H3. The van der Waals surface area contributed by atoms with Crippen LogP contribution in [0.1, 0.15) is 13.8 Å². The third-order valence-corrected chi connectivity index (χ3v) is 7.04. The minimum absolute atomic E-state index is 0.847. The summed E-state index contributed by atoms with van der Waals surface area (Å²) >= 11 is 3.28. The van der Waals surface area contributed by atoms with Gasteiger partial charge >= 0.3 is 0 Å². The Morgan fingerprint density at radius 1 is 0.833 bits per heavy atom. The number of fused-ring (bicyclic) bond motifs is 1. The quantitative estimate of drug-likeness (QED) is 0.285. The highest BCUT2D eigenvalue weighted by atomic mass is 32.1. The highest BCUT2D eigenvalue weighted by Crippen LogP contribution is 2.39. The second-order valence-corrected chi connectivity index (χ2v) is 9.14. The number of anilines is 2. The van der Waals surface area contributed by atoms with Crippen LogP contribution in [-0.2, 0) is 0 Å². The predicted molar refractivity (Wildman–Crippen MR) is 131 cm³/mol. The van der Waals surface area contributed by atoms with Gasteiger partial charge in [-0.25, -0.2) is 4.98 Å². The van der Waals surface area contributed by atoms with Crippen molar-refractivity contribution in [1.82, 2.24) is 4.98 Å². The van der Waals surface area contributed by atoms with Crippen molar-refractivity contribution in [2.45, 2.75) is 13.8 Å². The Kier molecular flexibility index (Phi) is 6.11. The molecule has 0 unspecified atom stereocenters. The van der Waals surface area contributed by atoms with Crippen LogP contribution in [0, 0.1) is 0 Å². The molecule has 30 heavy (non-hydrogen) atoms. The highest BCUT2D eigenvalue weighted by Gasteiger charge is 2.11. The fourth-order valence-electron chi connectivity index (χ4n) is 3.22. The van der Waals surface area contributed by atoms with E-state index in [0.717, 1.165) is 49.6 Å². The fourth-order valence-corrected chi connectivity index (χ4v) is 5.26. The van der Waals surface area contributed by atoms with Crippen LogP contribution in [-0.4, -0.2) is 32.2 Å². The summed E-state index contributed by atoms with van der Waals surface area (Å²) < 4.78 is 1.15. The summed E-state index contributed by atoms with van der Waals surface area (Å²) in [5, 5.41) is 10.7. The molecule has 154 valence electrons. The number of thiophene rings is 1. The van der Waals surface area contributed by atoms with E-state index in [2.05, 4.69) is 64.2 Å². The van der Waals surface area contributed by atoms with Gasteiger partial charge in [0.1, 0.15) is 14.8 Å². The lowest BCUT2D eigenvalue weighted by atomic mass is 10.2. The summed E-state index contributed by atoms with van der Waals surface area (Å²) in [7, 11) is 4.05. The Balaban J connectivity index is 1.50. The van der Waals surface area contributed by atoms with Gasteiger partial charge in [0, 0.05) is 44.1 Å². The molecule has 0 amide bonds. The second-order valence-electron chi connectivity index (χ2n) is 7.10. The maximum absolute atomic E-state index is 4.82. The van der Waals surface area contributed by atoms with E-state index in [4.69, 9.17) is 4.98 Å². The second kappa shape index (κ2) is 8.93. The Labute approximate surface area is 185 Å². The van der Waals surface area contributed by atoms with Crippen molar-refractivity contribution in [3.8, 4) is 10.6 Å². The molecule has 2 heterocycles. The van der Waals surface area contributed by atoms with Gasteiger partial charge in [0.15, 0.2) is 0 Å². The summed E-state index contributed by atoms with van der Waals surface area (Å²) in [4.78, 5) is 10.2. The maximum atomic E-state index is 4.82. The van der Waals surface area contributed by atoms with Crippen LogP contribution in [0.3, 0.4) is 0 Å². The molecular weight excluding hydrogens is 410 g/mol. The number of thiazole rings is 1. The molecule has 4 rings (SSSR count). The van der Waals surface area contributed by atoms with Crippen LogP contribution in [0.5, 0.6) is 0 Å². The van der Waals surface area contributed by atoms with Gasteiger partial charge in [-0.1, -0.05) is 11.3 Å². The van der Waals surface area contributed by atoms with Crippen molar-refractivity contribution < 1.29 is 0 Å². The van der Waals surface area contributed by atoms with Gasteiger partial charge in [-0.2, -0.15) is 0 Å². The number of hydrogen-bond acceptors (Lipinski definition) is 7. The molecule has 0 bridgehead atoms. The van der Waals surface area contributed by atoms with E-state index in [-0.39, 0.29) is 0 Å². The summed E-state index contributed by atoms with van der Waals surface area (Å²) in [6.07, 6.45) is 0. The van der Waals surface area contributed by atoms with Crippen LogP contribution in [0.15, 0.2) is 64.8 Å². The summed E-state index contributed by atoms with van der Waals surface area (Å²) in [5.41, 5.74) is 4.40. The first-order valence-electron chi connectivity index (χ1n) is 10.0. The lowest BCUT2D eigenvalue weighted by molar-refractivity contribution is 0.866. The van der Waals surface area contributed by atoms with E-state index < -0.39 is 0 Å². The van der Waals surface area contributed by atoms with Crippen molar-refractivity contribution in [2.24, 2.45) is 10.2 Å². The zero-order valence-electron chi connectivity index (χ0n) is 17.7. The van der Waals surface area contributed by atoms with E-state index in [9.17, 15) is 0 Å². The summed E-state index contributed by atoms with van der Waals surface area (Å²) in [6, 6.07) is 18.8. The monoisotopic (exact) mass is 435 g/mol. The van der Waals surface area contributed by atoms with E-state index >= 15 is 0 Å². The van der Waals surface area contributed by atoms with Crippen molar-refractivity contribution in [3.63, 3.8) is 0 Å². The summed E-state index contributed by atoms with van der Waals surface area (Å²) in [6.45, 7) is 6.39. The first-order chi connectivity index (χ1) is 14.6. The molecule has 0 aliphatic carbocycles. The number of hydrogen-bond donors (Lipinski definition) is 0. The first kappa shape index (κ1) is 20.5. The number of aromatic nitrogens is 1. The third kappa shape index (κ3) is 4.37. The molecule has 7 heteroatoms. The molecule has 0 saturated heterocycles. The van der Waals surface area contributed by atoms with Gasteiger partial charge in [0.05, 0.1) is 10.4 Å². The number of rotatable bonds is 7. The van der Waals surface area contributed by atoms with Gasteiger partial charge in [0.2, 0.25) is 0 Å². The number of nitrogens with zero attached hydrogens (tertiary/aromatic N) is 5. The van der Waals surface area contributed by atoms with E-state index in [1.54, 1.807) is 22.7 Å². The van der Waals surface area contributed by atoms with Crippen molar-refractivity contribution in [3.05, 3.63) is 54.6 Å². The largest absolute Gasteiger partial charge is 0.378 e. The number of benzene rings is 2. The molecular formula is C23H25N5S2. The normalized spacial score (nSPS) is 11.5. The molecule has 5 nitrogen and oxygen atoms in total. The zero-order chi connectivity index (χ0) is 21.1. The fraction of sp³-hybridized carbons (Fsp3) is 0.261. The Hall–Kier alpha value is -2.77.